The van der Waals surface area contributed by atoms with Gasteiger partial charge in [0.1, 0.15) is 22.9 Å². The van der Waals surface area contributed by atoms with Gasteiger partial charge in [-0.25, -0.2) is 22.8 Å². The van der Waals surface area contributed by atoms with Crippen molar-refractivity contribution in [1.82, 2.24) is 9.55 Å². The Balaban J connectivity index is 2.06. The average Bonchev–Trinajstić information content (AvgIpc) is 2.69. The molecule has 0 saturated carbocycles. The van der Waals surface area contributed by atoms with Gasteiger partial charge in [0.2, 0.25) is 5.89 Å². The molecule has 0 amide bonds. The highest BCUT2D eigenvalue weighted by atomic mass is 35.5. The van der Waals surface area contributed by atoms with Crippen molar-refractivity contribution >= 4 is 23.2 Å². The largest absolute Gasteiger partial charge is 0.439 e. The van der Waals surface area contributed by atoms with E-state index in [1.165, 1.54) is 0 Å². The van der Waals surface area contributed by atoms with Gasteiger partial charge in [-0.15, -0.1) is 0 Å². The number of rotatable bonds is 5. The maximum absolute atomic E-state index is 13.9. The van der Waals surface area contributed by atoms with Gasteiger partial charge in [-0.3, -0.25) is 0 Å². The van der Waals surface area contributed by atoms with Crippen LogP contribution in [0, 0.1) is 11.6 Å². The molecule has 1 atom stereocenters. The van der Waals surface area contributed by atoms with Gasteiger partial charge in [0.15, 0.2) is 0 Å². The Labute approximate surface area is 191 Å². The quantitative estimate of drug-likeness (QED) is 0.413. The van der Waals surface area contributed by atoms with Gasteiger partial charge in [-0.2, -0.15) is 31.5 Å². The number of nitrogens with zero attached hydrogens (tertiary/aromatic N) is 2. The second-order valence-corrected chi connectivity index (χ2v) is 7.12. The van der Waals surface area contributed by atoms with Crippen LogP contribution in [-0.2, 0) is 0 Å². The number of alkyl halides is 6. The zero-order valence-electron chi connectivity index (χ0n) is 15.8. The van der Waals surface area contributed by atoms with Gasteiger partial charge < -0.3 is 9.15 Å². The Morgan fingerprint density at radius 1 is 1.00 bits per heavy atom. The molecular weight excluding hydrogens is 531 g/mol. The van der Waals surface area contributed by atoms with Crippen molar-refractivity contribution in [3.05, 3.63) is 73.0 Å². The van der Waals surface area contributed by atoms with Crippen LogP contribution in [0.25, 0.3) is 17.1 Å². The summed E-state index contributed by atoms with van der Waals surface area (Å²) in [4.78, 5) is 27.9. The normalized spacial score (nSPS) is 13.1. The van der Waals surface area contributed by atoms with E-state index in [1.807, 2.05) is 0 Å². The molecule has 0 fully saturated rings. The lowest BCUT2D eigenvalue weighted by atomic mass is 10.2. The minimum absolute atomic E-state index is 0.0755. The predicted octanol–water partition coefficient (Wildman–Crippen LogP) is 5.31. The van der Waals surface area contributed by atoms with Crippen molar-refractivity contribution in [3.63, 3.8) is 0 Å². The number of halogens is 10. The minimum Gasteiger partial charge on any atom is -0.428 e. The molecule has 182 valence electrons. The molecule has 0 spiro atoms. The first-order valence-electron chi connectivity index (χ1n) is 8.49. The SMILES string of the molecule is O=c1nc(-c2c(F)cccc2F)oc(=O)n1-c1cc(Cl)c(OC(F)(F)C(F)C(F)(F)F)cc1Cl. The molecule has 3 aromatic rings. The highest BCUT2D eigenvalue weighted by molar-refractivity contribution is 6.35. The average molecular weight is 537 g/mol. The van der Waals surface area contributed by atoms with Crippen LogP contribution in [0.2, 0.25) is 10.0 Å². The van der Waals surface area contributed by atoms with Crippen LogP contribution < -0.4 is 16.2 Å². The third-order valence-corrected chi connectivity index (χ3v) is 4.60. The minimum atomic E-state index is -5.98. The monoisotopic (exact) mass is 536 g/mol. The van der Waals surface area contributed by atoms with Crippen molar-refractivity contribution in [2.24, 2.45) is 0 Å². The Kier molecular flexibility index (Phi) is 6.68. The molecule has 0 bridgehead atoms. The highest BCUT2D eigenvalue weighted by Crippen LogP contribution is 2.40. The second-order valence-electron chi connectivity index (χ2n) is 6.30. The summed E-state index contributed by atoms with van der Waals surface area (Å²) in [6.45, 7) is 0. The van der Waals surface area contributed by atoms with E-state index >= 15 is 0 Å². The van der Waals surface area contributed by atoms with Crippen molar-refractivity contribution in [2.45, 2.75) is 18.5 Å². The first kappa shape index (κ1) is 25.5. The third kappa shape index (κ3) is 4.87. The number of hydrogen-bond acceptors (Lipinski definition) is 5. The van der Waals surface area contributed by atoms with E-state index in [1.54, 1.807) is 0 Å². The molecule has 0 N–H and O–H groups in total. The fourth-order valence-corrected chi connectivity index (χ4v) is 2.97. The Morgan fingerprint density at radius 3 is 2.12 bits per heavy atom. The predicted molar refractivity (Wildman–Crippen MR) is 100 cm³/mol. The summed E-state index contributed by atoms with van der Waals surface area (Å²) in [5, 5.41) is -1.71. The molecule has 6 nitrogen and oxygen atoms in total. The zero-order chi connectivity index (χ0) is 25.6. The van der Waals surface area contributed by atoms with Crippen LogP contribution >= 0.6 is 23.2 Å². The molecule has 1 heterocycles. The van der Waals surface area contributed by atoms with Gasteiger partial charge in [0.25, 0.3) is 6.17 Å². The lowest BCUT2D eigenvalue weighted by Crippen LogP contribution is -2.45. The van der Waals surface area contributed by atoms with Crippen LogP contribution in [0.5, 0.6) is 5.75 Å². The molecule has 3 rings (SSSR count). The van der Waals surface area contributed by atoms with Crippen molar-refractivity contribution < 1.29 is 44.3 Å². The second kappa shape index (κ2) is 8.91. The number of aromatic nitrogens is 2. The van der Waals surface area contributed by atoms with Gasteiger partial charge in [-0.05, 0) is 18.2 Å². The number of benzene rings is 2. The molecule has 0 aliphatic heterocycles. The number of hydrogen-bond donors (Lipinski definition) is 0. The first-order valence-corrected chi connectivity index (χ1v) is 9.24. The van der Waals surface area contributed by atoms with Crippen LogP contribution in [0.4, 0.5) is 35.1 Å². The van der Waals surface area contributed by atoms with Crippen molar-refractivity contribution in [2.75, 3.05) is 0 Å². The van der Waals surface area contributed by atoms with E-state index in [9.17, 15) is 44.7 Å². The topological polar surface area (TPSA) is 74.3 Å². The van der Waals surface area contributed by atoms with Gasteiger partial charge in [0.05, 0.1) is 15.7 Å². The smallest absolute Gasteiger partial charge is 0.428 e. The van der Waals surface area contributed by atoms with Crippen LogP contribution in [-0.4, -0.2) is 28.0 Å². The Morgan fingerprint density at radius 2 is 1.59 bits per heavy atom. The zero-order valence-corrected chi connectivity index (χ0v) is 17.3. The molecule has 1 aromatic heterocycles. The van der Waals surface area contributed by atoms with Gasteiger partial charge >= 0.3 is 23.7 Å². The van der Waals surface area contributed by atoms with Gasteiger partial charge in [0, 0.05) is 6.07 Å². The fraction of sp³-hybridized carbons (Fsp3) is 0.167. The summed E-state index contributed by atoms with van der Waals surface area (Å²) in [7, 11) is 0. The van der Waals surface area contributed by atoms with E-state index in [0.717, 1.165) is 18.2 Å². The van der Waals surface area contributed by atoms with E-state index in [2.05, 4.69) is 14.1 Å². The van der Waals surface area contributed by atoms with Crippen LogP contribution in [0.15, 0.2) is 44.3 Å². The molecule has 0 aliphatic carbocycles. The summed E-state index contributed by atoms with van der Waals surface area (Å²) in [5.74, 6) is -6.31. The molecule has 2 aromatic carbocycles. The van der Waals surface area contributed by atoms with E-state index in [0.29, 0.717) is 12.1 Å². The van der Waals surface area contributed by atoms with E-state index in [-0.39, 0.29) is 4.57 Å². The van der Waals surface area contributed by atoms with Gasteiger partial charge in [-0.1, -0.05) is 29.3 Å². The number of ether oxygens (including phenoxy) is 1. The molecular formula is C18H6Cl2F8N2O4. The lowest BCUT2D eigenvalue weighted by molar-refractivity contribution is -0.304. The first-order chi connectivity index (χ1) is 15.6. The molecule has 1 unspecified atom stereocenters. The maximum Gasteiger partial charge on any atom is 0.439 e. The summed E-state index contributed by atoms with van der Waals surface area (Å²) in [5.41, 5.74) is -3.13. The summed E-state index contributed by atoms with van der Waals surface area (Å²) >= 11 is 11.5. The molecule has 0 aliphatic rings. The summed E-state index contributed by atoms with van der Waals surface area (Å²) in [6, 6.07) is 3.46. The Bertz CT molecular complexity index is 1320. The third-order valence-electron chi connectivity index (χ3n) is 4.00. The van der Waals surface area contributed by atoms with Crippen molar-refractivity contribution in [1.29, 1.82) is 0 Å². The molecule has 0 saturated heterocycles. The Hall–Kier alpha value is -3.13. The standard InChI is InChI=1S/C18H6Cl2F8N2O4/c19-6-5-11(34-18(27,28)14(23)17(24,25)26)7(20)4-10(6)30-15(31)29-13(33-16(30)32)12-8(21)2-1-3-9(12)22/h1-5,14H. The van der Waals surface area contributed by atoms with Crippen molar-refractivity contribution in [3.8, 4) is 22.9 Å². The molecule has 0 radical (unpaired) electrons. The summed E-state index contributed by atoms with van der Waals surface area (Å²) in [6.07, 6.45) is -16.1. The van der Waals surface area contributed by atoms with E-state index in [4.69, 9.17) is 23.2 Å². The molecule has 16 heteroatoms. The lowest BCUT2D eigenvalue weighted by Gasteiger charge is -2.23. The summed E-state index contributed by atoms with van der Waals surface area (Å²) < 4.78 is 113. The van der Waals surface area contributed by atoms with Crippen LogP contribution in [0.3, 0.4) is 0 Å². The van der Waals surface area contributed by atoms with Crippen LogP contribution in [0.1, 0.15) is 0 Å². The maximum atomic E-state index is 13.9. The highest BCUT2D eigenvalue weighted by Gasteiger charge is 2.59. The van der Waals surface area contributed by atoms with E-state index < -0.39 is 74.5 Å². The molecule has 34 heavy (non-hydrogen) atoms. The fourth-order valence-electron chi connectivity index (χ4n) is 2.53.